The Morgan fingerprint density at radius 3 is 2.39 bits per heavy atom. The van der Waals surface area contributed by atoms with E-state index in [1.165, 1.54) is 0 Å². The molecule has 0 radical (unpaired) electrons. The fraction of sp³-hybridized carbons (Fsp3) is 0.370. The zero-order chi connectivity index (χ0) is 25.7. The van der Waals surface area contributed by atoms with Crippen LogP contribution in [0.5, 0.6) is 17.2 Å². The molecule has 1 aliphatic rings. The Balaban J connectivity index is 1.57. The van der Waals surface area contributed by atoms with Crippen LogP contribution in [0.3, 0.4) is 0 Å². The Morgan fingerprint density at radius 2 is 1.69 bits per heavy atom. The summed E-state index contributed by atoms with van der Waals surface area (Å²) in [6.45, 7) is 13.7. The van der Waals surface area contributed by atoms with Gasteiger partial charge in [-0.05, 0) is 42.4 Å². The van der Waals surface area contributed by atoms with Gasteiger partial charge >= 0.3 is 0 Å². The van der Waals surface area contributed by atoms with Crippen molar-refractivity contribution in [1.29, 1.82) is 0 Å². The van der Waals surface area contributed by atoms with Crippen molar-refractivity contribution < 1.29 is 14.2 Å². The van der Waals surface area contributed by atoms with Gasteiger partial charge in [-0.3, -0.25) is 0 Å². The molecule has 190 valence electrons. The van der Waals surface area contributed by atoms with Crippen molar-refractivity contribution in [2.75, 3.05) is 65.9 Å². The molecule has 3 aromatic carbocycles. The highest BCUT2D eigenvalue weighted by Gasteiger charge is 2.17. The van der Waals surface area contributed by atoms with Gasteiger partial charge in [-0.15, -0.1) is 0 Å². The molecule has 1 heterocycles. The van der Waals surface area contributed by atoms with Crippen molar-refractivity contribution in [2.24, 2.45) is 0 Å². The molecule has 0 unspecified atom stereocenters. The number of methoxy groups -OCH3 is 2. The lowest BCUT2D eigenvalue weighted by Crippen LogP contribution is -2.44. The molecule has 0 spiro atoms. The lowest BCUT2D eigenvalue weighted by Gasteiger charge is -2.32. The number of nitrogens with one attached hydrogen (secondary N) is 1. The summed E-state index contributed by atoms with van der Waals surface area (Å²) in [7, 11) is 5.32. The van der Waals surface area contributed by atoms with E-state index in [1.807, 2.05) is 18.2 Å². The molecule has 0 amide bonds. The number of fused-ring (bicyclic) bond motifs is 1. The number of hydrogen-bond donors (Lipinski definition) is 1. The number of benzene rings is 3. The van der Waals surface area contributed by atoms with E-state index in [2.05, 4.69) is 27.0 Å². The highest BCUT2D eigenvalue weighted by molar-refractivity contribution is 6.37. The first kappa shape index (κ1) is 26.2. The first-order chi connectivity index (χ1) is 17.4. The molecule has 1 fully saturated rings. The van der Waals surface area contributed by atoms with Gasteiger partial charge in [0.05, 0.1) is 48.8 Å². The number of piperazine rings is 1. The summed E-state index contributed by atoms with van der Waals surface area (Å²) in [6.07, 6.45) is 0.936. The summed E-state index contributed by atoms with van der Waals surface area (Å²) in [5, 5.41) is 5.87. The van der Waals surface area contributed by atoms with Gasteiger partial charge in [0.1, 0.15) is 5.75 Å². The van der Waals surface area contributed by atoms with E-state index in [0.29, 0.717) is 51.0 Å². The van der Waals surface area contributed by atoms with Crippen LogP contribution in [0.25, 0.3) is 15.6 Å². The van der Waals surface area contributed by atoms with Gasteiger partial charge < -0.3 is 29.3 Å². The third-order valence-electron chi connectivity index (χ3n) is 6.38. The fourth-order valence-corrected chi connectivity index (χ4v) is 4.78. The van der Waals surface area contributed by atoms with Gasteiger partial charge in [0, 0.05) is 38.8 Å². The largest absolute Gasteiger partial charge is 0.495 e. The van der Waals surface area contributed by atoms with Crippen molar-refractivity contribution in [3.63, 3.8) is 0 Å². The number of halogens is 2. The third-order valence-corrected chi connectivity index (χ3v) is 6.98. The molecule has 7 nitrogen and oxygen atoms in total. The SMILES string of the molecule is [C-]#[N+]c1ccc2cc(OCCCN3CCN(C)CC3)c(OC)cc2c1Nc1cc(OC)c(Cl)cc1Cl. The van der Waals surface area contributed by atoms with Crippen LogP contribution in [-0.4, -0.2) is 70.4 Å². The Bertz CT molecular complexity index is 1270. The highest BCUT2D eigenvalue weighted by Crippen LogP contribution is 2.43. The van der Waals surface area contributed by atoms with Crippen molar-refractivity contribution in [1.82, 2.24) is 9.80 Å². The van der Waals surface area contributed by atoms with E-state index < -0.39 is 0 Å². The maximum atomic E-state index is 7.68. The molecule has 0 saturated carbocycles. The van der Waals surface area contributed by atoms with Crippen LogP contribution in [-0.2, 0) is 0 Å². The normalized spacial score (nSPS) is 14.4. The predicted molar refractivity (Wildman–Crippen MR) is 147 cm³/mol. The average molecular weight is 529 g/mol. The Labute approximate surface area is 222 Å². The molecule has 0 bridgehead atoms. The van der Waals surface area contributed by atoms with Crippen LogP contribution in [0.15, 0.2) is 36.4 Å². The summed E-state index contributed by atoms with van der Waals surface area (Å²) in [4.78, 5) is 8.53. The number of rotatable bonds is 9. The van der Waals surface area contributed by atoms with Crippen molar-refractivity contribution in [2.45, 2.75) is 6.42 Å². The molecule has 1 aliphatic heterocycles. The quantitative estimate of drug-likeness (QED) is 0.253. The van der Waals surface area contributed by atoms with Gasteiger partial charge in [-0.2, -0.15) is 0 Å². The van der Waals surface area contributed by atoms with E-state index >= 15 is 0 Å². The minimum absolute atomic E-state index is 0.410. The zero-order valence-electron chi connectivity index (χ0n) is 20.7. The monoisotopic (exact) mass is 528 g/mol. The molecule has 0 aromatic heterocycles. The van der Waals surface area contributed by atoms with Crippen molar-refractivity contribution >= 4 is 51.0 Å². The van der Waals surface area contributed by atoms with Crippen LogP contribution in [0, 0.1) is 6.57 Å². The molecule has 3 aromatic rings. The molecule has 0 atom stereocenters. The molecule has 1 N–H and O–H groups in total. The van der Waals surface area contributed by atoms with Gasteiger partial charge in [0.25, 0.3) is 0 Å². The maximum Gasteiger partial charge on any atom is 0.210 e. The minimum atomic E-state index is 0.410. The standard InChI is InChI=1S/C27H30Cl2N4O3/c1-30-22-7-6-18-14-26(36-13-5-8-33-11-9-32(2)10-12-33)25(35-4)15-19(18)27(22)31-23-17-24(34-3)21(29)16-20(23)28/h6-7,14-17,31H,5,8-13H2,2-4H3. The van der Waals surface area contributed by atoms with Gasteiger partial charge in [0.15, 0.2) is 11.5 Å². The zero-order valence-corrected chi connectivity index (χ0v) is 22.2. The summed E-state index contributed by atoms with van der Waals surface area (Å²) in [6, 6.07) is 10.9. The second-order valence-corrected chi connectivity index (χ2v) is 9.55. The van der Waals surface area contributed by atoms with Gasteiger partial charge in [0.2, 0.25) is 5.69 Å². The predicted octanol–water partition coefficient (Wildman–Crippen LogP) is 6.47. The number of anilines is 2. The second kappa shape index (κ2) is 11.9. The molecule has 4 rings (SSSR count). The Hall–Kier alpha value is -2.89. The highest BCUT2D eigenvalue weighted by atomic mass is 35.5. The van der Waals surface area contributed by atoms with Crippen LogP contribution >= 0.6 is 23.2 Å². The van der Waals surface area contributed by atoms with Crippen LogP contribution in [0.4, 0.5) is 17.1 Å². The third kappa shape index (κ3) is 5.91. The van der Waals surface area contributed by atoms with E-state index in [1.54, 1.807) is 32.4 Å². The van der Waals surface area contributed by atoms with E-state index in [0.717, 1.165) is 49.9 Å². The fourth-order valence-electron chi connectivity index (χ4n) is 4.27. The topological polar surface area (TPSA) is 50.6 Å². The van der Waals surface area contributed by atoms with Crippen molar-refractivity contribution in [3.8, 4) is 17.2 Å². The molecular weight excluding hydrogens is 499 g/mol. The number of ether oxygens (including phenoxy) is 3. The lowest BCUT2D eigenvalue weighted by atomic mass is 10.1. The summed E-state index contributed by atoms with van der Waals surface area (Å²) in [5.41, 5.74) is 1.66. The number of hydrogen-bond acceptors (Lipinski definition) is 6. The summed E-state index contributed by atoms with van der Waals surface area (Å²) >= 11 is 12.6. The Morgan fingerprint density at radius 1 is 0.944 bits per heavy atom. The second-order valence-electron chi connectivity index (χ2n) is 8.73. The first-order valence-corrected chi connectivity index (χ1v) is 12.5. The first-order valence-electron chi connectivity index (χ1n) is 11.8. The molecule has 9 heteroatoms. The van der Waals surface area contributed by atoms with E-state index in [-0.39, 0.29) is 0 Å². The van der Waals surface area contributed by atoms with Crippen LogP contribution < -0.4 is 19.5 Å². The van der Waals surface area contributed by atoms with Crippen molar-refractivity contribution in [3.05, 3.63) is 57.9 Å². The maximum absolute atomic E-state index is 7.68. The van der Waals surface area contributed by atoms with Crippen LogP contribution in [0.2, 0.25) is 10.0 Å². The average Bonchev–Trinajstić information content (AvgIpc) is 2.88. The van der Waals surface area contributed by atoms with E-state index in [4.69, 9.17) is 44.0 Å². The smallest absolute Gasteiger partial charge is 0.210 e. The van der Waals surface area contributed by atoms with Gasteiger partial charge in [-0.1, -0.05) is 35.3 Å². The van der Waals surface area contributed by atoms with Crippen LogP contribution in [0.1, 0.15) is 6.42 Å². The number of likely N-dealkylation sites (N-methyl/N-ethyl adjacent to an activating group) is 1. The summed E-state index contributed by atoms with van der Waals surface area (Å²) in [5.74, 6) is 1.76. The molecular formula is C27H30Cl2N4O3. The minimum Gasteiger partial charge on any atom is -0.495 e. The molecule has 0 aliphatic carbocycles. The molecule has 1 saturated heterocycles. The Kier molecular flexibility index (Phi) is 8.65. The van der Waals surface area contributed by atoms with E-state index in [9.17, 15) is 0 Å². The molecule has 36 heavy (non-hydrogen) atoms. The summed E-state index contributed by atoms with van der Waals surface area (Å²) < 4.78 is 17.1. The lowest BCUT2D eigenvalue weighted by molar-refractivity contribution is 0.145. The van der Waals surface area contributed by atoms with Gasteiger partial charge in [-0.25, -0.2) is 4.85 Å². The number of nitrogens with zero attached hydrogens (tertiary/aromatic N) is 3.